The van der Waals surface area contributed by atoms with Gasteiger partial charge in [0.2, 0.25) is 0 Å². The van der Waals surface area contributed by atoms with E-state index in [0.717, 1.165) is 49.8 Å². The van der Waals surface area contributed by atoms with Gasteiger partial charge in [-0.1, -0.05) is 6.07 Å². The van der Waals surface area contributed by atoms with Gasteiger partial charge in [0, 0.05) is 31.9 Å². The van der Waals surface area contributed by atoms with E-state index >= 15 is 0 Å². The zero-order valence-electron chi connectivity index (χ0n) is 9.78. The maximum atomic E-state index is 5.63. The fourth-order valence-electron chi connectivity index (χ4n) is 1.94. The van der Waals surface area contributed by atoms with E-state index in [1.807, 2.05) is 6.92 Å². The molecule has 1 fully saturated rings. The lowest BCUT2D eigenvalue weighted by atomic mass is 10.2. The Balaban J connectivity index is 2.16. The van der Waals surface area contributed by atoms with Crippen LogP contribution in [-0.2, 0) is 11.3 Å². The van der Waals surface area contributed by atoms with Crippen LogP contribution in [0.4, 0.5) is 5.82 Å². The van der Waals surface area contributed by atoms with Crippen LogP contribution in [0.3, 0.4) is 0 Å². The molecule has 2 rings (SSSR count). The Hall–Kier alpha value is -1.13. The first-order valence-electron chi connectivity index (χ1n) is 5.80. The normalized spacial score (nSPS) is 17.2. The summed E-state index contributed by atoms with van der Waals surface area (Å²) in [6.07, 6.45) is 1.07. The molecule has 1 aromatic heterocycles. The molecule has 0 aliphatic carbocycles. The molecule has 0 unspecified atom stereocenters. The number of aromatic nitrogens is 1. The van der Waals surface area contributed by atoms with E-state index in [9.17, 15) is 0 Å². The standard InChI is InChI=1S/C12H19N3O/c1-10-11(9-13)3-4-12(14-10)15-5-2-7-16-8-6-15/h3-4H,2,5-9,13H2,1H3. The van der Waals surface area contributed by atoms with Crippen LogP contribution < -0.4 is 10.6 Å². The third-order valence-electron chi connectivity index (χ3n) is 2.95. The molecular weight excluding hydrogens is 202 g/mol. The van der Waals surface area contributed by atoms with Crippen LogP contribution in [0, 0.1) is 6.92 Å². The van der Waals surface area contributed by atoms with Crippen LogP contribution in [-0.4, -0.2) is 31.3 Å². The molecule has 4 heteroatoms. The number of hydrogen-bond acceptors (Lipinski definition) is 4. The Labute approximate surface area is 96.4 Å². The number of ether oxygens (including phenoxy) is 1. The van der Waals surface area contributed by atoms with Crippen LogP contribution in [0.15, 0.2) is 12.1 Å². The van der Waals surface area contributed by atoms with E-state index in [1.165, 1.54) is 0 Å². The van der Waals surface area contributed by atoms with Gasteiger partial charge in [0.1, 0.15) is 5.82 Å². The van der Waals surface area contributed by atoms with Crippen molar-refractivity contribution in [3.05, 3.63) is 23.4 Å². The molecule has 1 aliphatic heterocycles. The smallest absolute Gasteiger partial charge is 0.128 e. The average Bonchev–Trinajstić information content (AvgIpc) is 2.57. The molecule has 0 spiro atoms. The van der Waals surface area contributed by atoms with E-state index in [4.69, 9.17) is 10.5 Å². The van der Waals surface area contributed by atoms with Gasteiger partial charge in [0.15, 0.2) is 0 Å². The van der Waals surface area contributed by atoms with E-state index in [1.54, 1.807) is 0 Å². The number of pyridine rings is 1. The van der Waals surface area contributed by atoms with Gasteiger partial charge in [0.05, 0.1) is 6.61 Å². The monoisotopic (exact) mass is 221 g/mol. The molecule has 2 heterocycles. The highest BCUT2D eigenvalue weighted by atomic mass is 16.5. The summed E-state index contributed by atoms with van der Waals surface area (Å²) < 4.78 is 5.43. The summed E-state index contributed by atoms with van der Waals surface area (Å²) in [5.74, 6) is 1.04. The van der Waals surface area contributed by atoms with Crippen molar-refractivity contribution in [1.29, 1.82) is 0 Å². The summed E-state index contributed by atoms with van der Waals surface area (Å²) in [7, 11) is 0. The van der Waals surface area contributed by atoms with Crippen LogP contribution in [0.5, 0.6) is 0 Å². The molecule has 88 valence electrons. The highest BCUT2D eigenvalue weighted by Gasteiger charge is 2.11. The highest BCUT2D eigenvalue weighted by molar-refractivity contribution is 5.41. The molecule has 4 nitrogen and oxygen atoms in total. The fourth-order valence-corrected chi connectivity index (χ4v) is 1.94. The maximum absolute atomic E-state index is 5.63. The van der Waals surface area contributed by atoms with Crippen LogP contribution in [0.1, 0.15) is 17.7 Å². The predicted molar refractivity (Wildman–Crippen MR) is 64.5 cm³/mol. The van der Waals surface area contributed by atoms with Gasteiger partial charge in [0.25, 0.3) is 0 Å². The Morgan fingerprint density at radius 2 is 2.25 bits per heavy atom. The third kappa shape index (κ3) is 2.51. The molecule has 0 saturated carbocycles. The number of nitrogens with two attached hydrogens (primary N) is 1. The van der Waals surface area contributed by atoms with E-state index in [2.05, 4.69) is 22.0 Å². The van der Waals surface area contributed by atoms with Crippen LogP contribution >= 0.6 is 0 Å². The first-order chi connectivity index (χ1) is 7.81. The zero-order chi connectivity index (χ0) is 11.4. The summed E-state index contributed by atoms with van der Waals surface area (Å²) >= 11 is 0. The SMILES string of the molecule is Cc1nc(N2CCCOCC2)ccc1CN. The Kier molecular flexibility index (Phi) is 3.74. The molecule has 1 aromatic rings. The molecule has 0 bridgehead atoms. The van der Waals surface area contributed by atoms with Crippen LogP contribution in [0.2, 0.25) is 0 Å². The molecule has 1 aliphatic rings. The van der Waals surface area contributed by atoms with Crippen molar-refractivity contribution in [3.63, 3.8) is 0 Å². The fraction of sp³-hybridized carbons (Fsp3) is 0.583. The van der Waals surface area contributed by atoms with Gasteiger partial charge in [-0.05, 0) is 25.0 Å². The van der Waals surface area contributed by atoms with E-state index in [-0.39, 0.29) is 0 Å². The maximum Gasteiger partial charge on any atom is 0.128 e. The van der Waals surface area contributed by atoms with Gasteiger partial charge in [-0.25, -0.2) is 4.98 Å². The van der Waals surface area contributed by atoms with Crippen molar-refractivity contribution >= 4 is 5.82 Å². The number of anilines is 1. The summed E-state index contributed by atoms with van der Waals surface area (Å²) in [4.78, 5) is 6.88. The summed E-state index contributed by atoms with van der Waals surface area (Å²) in [6.45, 7) is 6.17. The molecule has 1 saturated heterocycles. The number of hydrogen-bond donors (Lipinski definition) is 1. The molecular formula is C12H19N3O. The minimum absolute atomic E-state index is 0.558. The van der Waals surface area contributed by atoms with Gasteiger partial charge in [-0.15, -0.1) is 0 Å². The molecule has 16 heavy (non-hydrogen) atoms. The van der Waals surface area contributed by atoms with Crippen molar-refractivity contribution in [2.45, 2.75) is 19.9 Å². The molecule has 0 amide bonds. The lowest BCUT2D eigenvalue weighted by molar-refractivity contribution is 0.152. The van der Waals surface area contributed by atoms with Crippen molar-refractivity contribution in [2.75, 3.05) is 31.2 Å². The summed E-state index contributed by atoms with van der Waals surface area (Å²) in [5, 5.41) is 0. The van der Waals surface area contributed by atoms with Crippen molar-refractivity contribution in [1.82, 2.24) is 4.98 Å². The van der Waals surface area contributed by atoms with Gasteiger partial charge in [-0.3, -0.25) is 0 Å². The van der Waals surface area contributed by atoms with E-state index < -0.39 is 0 Å². The second-order valence-corrected chi connectivity index (χ2v) is 4.07. The van der Waals surface area contributed by atoms with Crippen molar-refractivity contribution in [3.8, 4) is 0 Å². The lowest BCUT2D eigenvalue weighted by Gasteiger charge is -2.21. The number of rotatable bonds is 2. The van der Waals surface area contributed by atoms with Gasteiger partial charge >= 0.3 is 0 Å². The third-order valence-corrected chi connectivity index (χ3v) is 2.95. The first-order valence-corrected chi connectivity index (χ1v) is 5.80. The highest BCUT2D eigenvalue weighted by Crippen LogP contribution is 2.16. The Bertz CT molecular complexity index is 346. The quantitative estimate of drug-likeness (QED) is 0.811. The minimum Gasteiger partial charge on any atom is -0.380 e. The topological polar surface area (TPSA) is 51.4 Å². The van der Waals surface area contributed by atoms with Gasteiger partial charge in [-0.2, -0.15) is 0 Å². The first kappa shape index (κ1) is 11.4. The summed E-state index contributed by atoms with van der Waals surface area (Å²) in [5.41, 5.74) is 7.78. The van der Waals surface area contributed by atoms with Crippen molar-refractivity contribution in [2.24, 2.45) is 5.73 Å². The number of aryl methyl sites for hydroxylation is 1. The Morgan fingerprint density at radius 1 is 1.38 bits per heavy atom. The second kappa shape index (κ2) is 5.27. The van der Waals surface area contributed by atoms with Crippen molar-refractivity contribution < 1.29 is 4.74 Å². The molecule has 2 N–H and O–H groups in total. The second-order valence-electron chi connectivity index (χ2n) is 4.07. The number of nitrogens with zero attached hydrogens (tertiary/aromatic N) is 2. The molecule has 0 aromatic carbocycles. The largest absolute Gasteiger partial charge is 0.380 e. The predicted octanol–water partition coefficient (Wildman–Crippen LogP) is 1.08. The van der Waals surface area contributed by atoms with E-state index in [0.29, 0.717) is 6.54 Å². The van der Waals surface area contributed by atoms with Crippen LogP contribution in [0.25, 0.3) is 0 Å². The minimum atomic E-state index is 0.558. The van der Waals surface area contributed by atoms with Gasteiger partial charge < -0.3 is 15.4 Å². The Morgan fingerprint density at radius 3 is 3.00 bits per heavy atom. The lowest BCUT2D eigenvalue weighted by Crippen LogP contribution is -2.27. The molecule has 0 atom stereocenters. The summed E-state index contributed by atoms with van der Waals surface area (Å²) in [6, 6.07) is 4.13. The zero-order valence-corrected chi connectivity index (χ0v) is 9.78. The molecule has 0 radical (unpaired) electrons. The average molecular weight is 221 g/mol.